The second kappa shape index (κ2) is 13.7. The van der Waals surface area contributed by atoms with E-state index in [1.54, 1.807) is 10.9 Å². The van der Waals surface area contributed by atoms with Gasteiger partial charge >= 0.3 is 0 Å². The molecule has 0 bridgehead atoms. The molecule has 1 atom stereocenters. The summed E-state index contributed by atoms with van der Waals surface area (Å²) in [5.41, 5.74) is 4.16. The van der Waals surface area contributed by atoms with E-state index in [2.05, 4.69) is 26.8 Å². The quantitative estimate of drug-likeness (QED) is 0.296. The molecule has 2 N–H and O–H groups in total. The van der Waals surface area contributed by atoms with Crippen molar-refractivity contribution in [3.8, 4) is 17.2 Å². The average Bonchev–Trinajstić information content (AvgIpc) is 3.51. The zero-order chi connectivity index (χ0) is 31.2. The Morgan fingerprint density at radius 2 is 1.89 bits per heavy atom. The number of benzene rings is 1. The van der Waals surface area contributed by atoms with E-state index in [0.717, 1.165) is 48.1 Å². The van der Waals surface area contributed by atoms with Gasteiger partial charge in [0, 0.05) is 56.6 Å². The highest BCUT2D eigenvalue weighted by atomic mass is 16.2. The molecule has 4 heterocycles. The Kier molecular flexibility index (Phi) is 9.10. The van der Waals surface area contributed by atoms with Crippen LogP contribution in [0.1, 0.15) is 54.2 Å². The Hall–Kier alpha value is -5.11. The van der Waals surface area contributed by atoms with E-state index in [1.165, 1.54) is 0 Å². The van der Waals surface area contributed by atoms with Crippen LogP contribution >= 0.6 is 0 Å². The molecule has 230 valence electrons. The molecule has 11 heteroatoms. The lowest BCUT2D eigenvalue weighted by atomic mass is 9.73. The van der Waals surface area contributed by atoms with Gasteiger partial charge in [0.25, 0.3) is 0 Å². The van der Waals surface area contributed by atoms with Gasteiger partial charge in [0.2, 0.25) is 11.8 Å². The van der Waals surface area contributed by atoms with Crippen molar-refractivity contribution >= 4 is 17.6 Å². The molecule has 2 aliphatic rings. The van der Waals surface area contributed by atoms with E-state index in [9.17, 15) is 14.9 Å². The minimum absolute atomic E-state index is 0.00503. The van der Waals surface area contributed by atoms with Gasteiger partial charge in [-0.25, -0.2) is 9.97 Å². The largest absolute Gasteiger partial charge is 0.353 e. The molecule has 6 rings (SSSR count). The first-order chi connectivity index (χ1) is 22.0. The Balaban J connectivity index is 1.15. The number of carbonyl (C=O) groups is 2. The average molecular weight is 604 g/mol. The van der Waals surface area contributed by atoms with Gasteiger partial charge in [-0.1, -0.05) is 36.4 Å². The minimum atomic E-state index is -0.361. The third-order valence-corrected chi connectivity index (χ3v) is 8.85. The summed E-state index contributed by atoms with van der Waals surface area (Å²) in [6.07, 6.45) is 11.5. The first-order valence-corrected chi connectivity index (χ1v) is 15.5. The number of aryl methyl sites for hydroxylation is 1. The van der Waals surface area contributed by atoms with Gasteiger partial charge in [-0.3, -0.25) is 19.3 Å². The summed E-state index contributed by atoms with van der Waals surface area (Å²) in [4.78, 5) is 41.6. The van der Waals surface area contributed by atoms with Crippen molar-refractivity contribution in [3.05, 3.63) is 89.9 Å². The number of carbonyl (C=O) groups excluding carboxylic acids is 2. The molecule has 2 amide bonds. The number of piperazine rings is 1. The maximum Gasteiger partial charge on any atom is 0.239 e. The smallest absolute Gasteiger partial charge is 0.239 e. The Morgan fingerprint density at radius 3 is 2.58 bits per heavy atom. The topological polar surface area (TPSA) is 142 Å². The molecule has 1 saturated heterocycles. The first-order valence-electron chi connectivity index (χ1n) is 15.5. The number of nitrogens with zero attached hydrogens (tertiary/aromatic N) is 7. The number of pyridine rings is 1. The summed E-state index contributed by atoms with van der Waals surface area (Å²) in [6, 6.07) is 16.1. The molecule has 1 aliphatic heterocycles. The fourth-order valence-electron chi connectivity index (χ4n) is 6.44. The van der Waals surface area contributed by atoms with Crippen LogP contribution in [0.3, 0.4) is 0 Å². The van der Waals surface area contributed by atoms with Crippen molar-refractivity contribution in [1.82, 2.24) is 35.4 Å². The van der Waals surface area contributed by atoms with Crippen LogP contribution in [0, 0.1) is 23.2 Å². The molecule has 1 aliphatic carbocycles. The molecule has 4 aromatic rings. The van der Waals surface area contributed by atoms with E-state index in [0.29, 0.717) is 49.2 Å². The summed E-state index contributed by atoms with van der Waals surface area (Å²) in [5, 5.41) is 19.9. The van der Waals surface area contributed by atoms with E-state index in [-0.39, 0.29) is 30.2 Å². The SMILES string of the molecule is Cn1cc(-c2ccc(C(C(=O)NCc3ccccc3)[C@H]3CC[C@H](Cc4ncc(C#N)c(N5CCNC(=O)C5)n4)CC3)nc2)cn1. The van der Waals surface area contributed by atoms with Crippen molar-refractivity contribution in [2.75, 3.05) is 24.5 Å². The Labute approximate surface area is 262 Å². The fraction of sp³-hybridized carbons (Fsp3) is 0.382. The number of hydrogen-bond acceptors (Lipinski definition) is 8. The van der Waals surface area contributed by atoms with Gasteiger partial charge < -0.3 is 15.5 Å². The van der Waals surface area contributed by atoms with E-state index in [4.69, 9.17) is 9.97 Å². The van der Waals surface area contributed by atoms with E-state index < -0.39 is 0 Å². The molecular formula is C34H37N9O2. The zero-order valence-electron chi connectivity index (χ0n) is 25.4. The first kappa shape index (κ1) is 29.9. The third kappa shape index (κ3) is 7.17. The van der Waals surface area contributed by atoms with Crippen LogP contribution < -0.4 is 15.5 Å². The predicted molar refractivity (Wildman–Crippen MR) is 169 cm³/mol. The fourth-order valence-corrected chi connectivity index (χ4v) is 6.44. The molecule has 45 heavy (non-hydrogen) atoms. The summed E-state index contributed by atoms with van der Waals surface area (Å²) in [6.45, 7) is 1.78. The third-order valence-electron chi connectivity index (χ3n) is 8.85. The lowest BCUT2D eigenvalue weighted by Gasteiger charge is -2.33. The van der Waals surface area contributed by atoms with Crippen LogP contribution in [-0.2, 0) is 29.6 Å². The van der Waals surface area contributed by atoms with Gasteiger partial charge in [-0.15, -0.1) is 0 Å². The predicted octanol–water partition coefficient (Wildman–Crippen LogP) is 3.53. The summed E-state index contributed by atoms with van der Waals surface area (Å²) >= 11 is 0. The lowest BCUT2D eigenvalue weighted by Crippen LogP contribution is -2.48. The molecule has 1 saturated carbocycles. The van der Waals surface area contributed by atoms with Gasteiger partial charge in [0.15, 0.2) is 5.82 Å². The van der Waals surface area contributed by atoms with Crippen LogP contribution in [0.5, 0.6) is 0 Å². The second-order valence-corrected chi connectivity index (χ2v) is 11.9. The van der Waals surface area contributed by atoms with Crippen LogP contribution in [0.15, 0.2) is 67.3 Å². The number of nitrogens with one attached hydrogen (secondary N) is 2. The maximum atomic E-state index is 13.8. The molecule has 2 fully saturated rings. The highest BCUT2D eigenvalue weighted by Crippen LogP contribution is 2.39. The Morgan fingerprint density at radius 1 is 1.07 bits per heavy atom. The van der Waals surface area contributed by atoms with Crippen LogP contribution in [0.2, 0.25) is 0 Å². The molecule has 3 aromatic heterocycles. The molecule has 0 spiro atoms. The van der Waals surface area contributed by atoms with Crippen molar-refractivity contribution < 1.29 is 9.59 Å². The molecule has 11 nitrogen and oxygen atoms in total. The number of amides is 2. The van der Waals surface area contributed by atoms with Crippen LogP contribution in [-0.4, -0.2) is 56.2 Å². The maximum absolute atomic E-state index is 13.8. The molecular weight excluding hydrogens is 566 g/mol. The van der Waals surface area contributed by atoms with E-state index in [1.807, 2.05) is 73.0 Å². The van der Waals surface area contributed by atoms with Crippen molar-refractivity contribution in [3.63, 3.8) is 0 Å². The molecule has 1 aromatic carbocycles. The highest BCUT2D eigenvalue weighted by molar-refractivity contribution is 5.84. The van der Waals surface area contributed by atoms with Gasteiger partial charge in [0.05, 0.1) is 30.6 Å². The van der Waals surface area contributed by atoms with Crippen molar-refractivity contribution in [2.24, 2.45) is 18.9 Å². The van der Waals surface area contributed by atoms with Gasteiger partial charge in [-0.2, -0.15) is 10.4 Å². The molecule has 1 unspecified atom stereocenters. The monoisotopic (exact) mass is 603 g/mol. The van der Waals surface area contributed by atoms with Gasteiger partial charge in [-0.05, 0) is 49.1 Å². The van der Waals surface area contributed by atoms with Gasteiger partial charge in [0.1, 0.15) is 17.5 Å². The Bertz CT molecular complexity index is 1670. The number of nitriles is 1. The lowest BCUT2D eigenvalue weighted by molar-refractivity contribution is -0.124. The highest BCUT2D eigenvalue weighted by Gasteiger charge is 2.34. The number of hydrogen-bond donors (Lipinski definition) is 2. The number of rotatable bonds is 9. The standard InChI is InChI=1S/C34H37N9O2/c1-42-21-28(20-40-42)26-11-12-29(37-18-26)32(34(45)39-17-24-5-3-2-4-6-24)25-9-7-23(8-10-25)15-30-38-19-27(16-35)33(41-30)43-14-13-36-31(44)22-43/h2-6,11-12,18-21,23,25,32H,7-10,13-15,17,22H2,1H3,(H,36,44)(H,39,45)/t23-,25-,32?. The molecule has 0 radical (unpaired) electrons. The van der Waals surface area contributed by atoms with Crippen molar-refractivity contribution in [1.29, 1.82) is 5.26 Å². The normalized spacial score (nSPS) is 18.9. The zero-order valence-corrected chi connectivity index (χ0v) is 25.4. The van der Waals surface area contributed by atoms with E-state index >= 15 is 0 Å². The second-order valence-electron chi connectivity index (χ2n) is 11.9. The number of aromatic nitrogens is 5. The van der Waals surface area contributed by atoms with Crippen molar-refractivity contribution in [2.45, 2.75) is 44.6 Å². The summed E-state index contributed by atoms with van der Waals surface area (Å²) in [7, 11) is 1.88. The summed E-state index contributed by atoms with van der Waals surface area (Å²) in [5.74, 6) is 1.28. The van der Waals surface area contributed by atoms with Crippen LogP contribution in [0.25, 0.3) is 11.1 Å². The van der Waals surface area contributed by atoms with Crippen LogP contribution in [0.4, 0.5) is 5.82 Å². The number of anilines is 1. The summed E-state index contributed by atoms with van der Waals surface area (Å²) < 4.78 is 1.76. The minimum Gasteiger partial charge on any atom is -0.353 e.